The van der Waals surface area contributed by atoms with Crippen LogP contribution in [0.4, 0.5) is 14.6 Å². The summed E-state index contributed by atoms with van der Waals surface area (Å²) in [7, 11) is 0. The van der Waals surface area contributed by atoms with Crippen LogP contribution in [0, 0.1) is 11.6 Å². The molecule has 30 heavy (non-hydrogen) atoms. The molecule has 2 aromatic carbocycles. The predicted molar refractivity (Wildman–Crippen MR) is 111 cm³/mol. The summed E-state index contributed by atoms with van der Waals surface area (Å²) in [6, 6.07) is 4.81. The van der Waals surface area contributed by atoms with Crippen LogP contribution in [0.25, 0.3) is 22.0 Å². The molecule has 2 heterocycles. The van der Waals surface area contributed by atoms with Crippen molar-refractivity contribution < 1.29 is 18.7 Å². The van der Waals surface area contributed by atoms with Crippen LogP contribution < -0.4 is 4.90 Å². The molecule has 1 saturated heterocycles. The number of phenols is 1. The number of carbonyl (C=O) groups is 1. The zero-order valence-electron chi connectivity index (χ0n) is 15.8. The lowest BCUT2D eigenvalue weighted by molar-refractivity contribution is -0.126. The van der Waals surface area contributed by atoms with Crippen LogP contribution >= 0.6 is 11.6 Å². The SMILES string of the molecule is C=CC(=O)N1CCN(c2ncnc3cc(-c4cc(O)c(F)cc4F)c(Cl)cc23)CC1. The summed E-state index contributed by atoms with van der Waals surface area (Å²) in [5.41, 5.74) is 0.771. The number of fused-ring (bicyclic) bond motifs is 1. The van der Waals surface area contributed by atoms with Crippen molar-refractivity contribution in [2.45, 2.75) is 0 Å². The van der Waals surface area contributed by atoms with Crippen molar-refractivity contribution in [2.75, 3.05) is 31.1 Å². The van der Waals surface area contributed by atoms with E-state index in [1.165, 1.54) is 12.4 Å². The van der Waals surface area contributed by atoms with Gasteiger partial charge in [0.1, 0.15) is 18.0 Å². The standard InChI is InChI=1S/C21H17ClF2N4O2/c1-2-20(30)27-3-5-28(6-4-27)21-14-7-15(22)12(8-18(14)25-11-26-21)13-9-19(29)17(24)10-16(13)23/h2,7-11,29H,1,3-6H2. The lowest BCUT2D eigenvalue weighted by atomic mass is 10.0. The zero-order valence-corrected chi connectivity index (χ0v) is 16.5. The van der Waals surface area contributed by atoms with Crippen LogP contribution in [0.2, 0.25) is 5.02 Å². The molecule has 1 amide bonds. The van der Waals surface area contributed by atoms with E-state index in [9.17, 15) is 18.7 Å². The summed E-state index contributed by atoms with van der Waals surface area (Å²) < 4.78 is 27.7. The van der Waals surface area contributed by atoms with Gasteiger partial charge in [-0.15, -0.1) is 0 Å². The van der Waals surface area contributed by atoms with Crippen molar-refractivity contribution in [3.63, 3.8) is 0 Å². The Hall–Kier alpha value is -3.26. The number of nitrogens with zero attached hydrogens (tertiary/aromatic N) is 4. The van der Waals surface area contributed by atoms with Crippen molar-refractivity contribution in [1.82, 2.24) is 14.9 Å². The number of aromatic hydroxyl groups is 1. The summed E-state index contributed by atoms with van der Waals surface area (Å²) in [4.78, 5) is 24.2. The molecule has 3 aromatic rings. The largest absolute Gasteiger partial charge is 0.505 e. The van der Waals surface area contributed by atoms with Gasteiger partial charge in [-0.3, -0.25) is 4.79 Å². The fourth-order valence-corrected chi connectivity index (χ4v) is 3.80. The van der Waals surface area contributed by atoms with Gasteiger partial charge in [0, 0.05) is 53.8 Å². The molecule has 1 aliphatic heterocycles. The van der Waals surface area contributed by atoms with Gasteiger partial charge in [-0.1, -0.05) is 18.2 Å². The number of amides is 1. The first-order chi connectivity index (χ1) is 14.4. The van der Waals surface area contributed by atoms with E-state index in [-0.39, 0.29) is 22.1 Å². The van der Waals surface area contributed by atoms with Gasteiger partial charge < -0.3 is 14.9 Å². The highest BCUT2D eigenvalue weighted by atomic mass is 35.5. The molecule has 0 aliphatic carbocycles. The summed E-state index contributed by atoms with van der Waals surface area (Å²) in [5.74, 6) is -2.02. The third-order valence-electron chi connectivity index (χ3n) is 5.10. The molecule has 0 radical (unpaired) electrons. The van der Waals surface area contributed by atoms with Gasteiger partial charge >= 0.3 is 0 Å². The molecule has 0 atom stereocenters. The molecule has 1 aliphatic rings. The Labute approximate surface area is 176 Å². The lowest BCUT2D eigenvalue weighted by Crippen LogP contribution is -2.48. The van der Waals surface area contributed by atoms with Crippen molar-refractivity contribution in [3.8, 4) is 16.9 Å². The number of piperazine rings is 1. The van der Waals surface area contributed by atoms with Crippen molar-refractivity contribution in [3.05, 3.63) is 59.9 Å². The number of hydrogen-bond acceptors (Lipinski definition) is 5. The maximum atomic E-state index is 14.3. The highest BCUT2D eigenvalue weighted by molar-refractivity contribution is 6.34. The normalized spacial score (nSPS) is 14.2. The van der Waals surface area contributed by atoms with Crippen LogP contribution in [0.15, 0.2) is 43.2 Å². The second-order valence-corrected chi connectivity index (χ2v) is 7.25. The quantitative estimate of drug-likeness (QED) is 0.640. The summed E-state index contributed by atoms with van der Waals surface area (Å²) in [5, 5.41) is 10.5. The number of aromatic nitrogens is 2. The molecule has 1 fully saturated rings. The molecule has 1 aromatic heterocycles. The van der Waals surface area contributed by atoms with E-state index >= 15 is 0 Å². The molecular weight excluding hydrogens is 414 g/mol. The first-order valence-corrected chi connectivity index (χ1v) is 9.55. The van der Waals surface area contributed by atoms with E-state index in [4.69, 9.17) is 11.6 Å². The molecule has 0 spiro atoms. The fraction of sp³-hybridized carbons (Fsp3) is 0.190. The van der Waals surface area contributed by atoms with Gasteiger partial charge in [-0.05, 0) is 24.3 Å². The van der Waals surface area contributed by atoms with Gasteiger partial charge in [0.05, 0.1) is 5.52 Å². The van der Waals surface area contributed by atoms with Gasteiger partial charge in [-0.2, -0.15) is 0 Å². The molecule has 0 bridgehead atoms. The summed E-state index contributed by atoms with van der Waals surface area (Å²) in [6.07, 6.45) is 2.69. The van der Waals surface area contributed by atoms with Crippen LogP contribution in [-0.4, -0.2) is 52.1 Å². The Morgan fingerprint density at radius 2 is 1.80 bits per heavy atom. The number of anilines is 1. The minimum absolute atomic E-state index is 0.0301. The van der Waals surface area contributed by atoms with E-state index in [0.29, 0.717) is 49.0 Å². The first kappa shape index (κ1) is 20.0. The topological polar surface area (TPSA) is 69.6 Å². The lowest BCUT2D eigenvalue weighted by Gasteiger charge is -2.35. The molecule has 0 saturated carbocycles. The summed E-state index contributed by atoms with van der Waals surface area (Å²) >= 11 is 6.42. The van der Waals surface area contributed by atoms with Crippen molar-refractivity contribution >= 4 is 34.2 Å². The minimum atomic E-state index is -1.05. The smallest absolute Gasteiger partial charge is 0.246 e. The van der Waals surface area contributed by atoms with Crippen LogP contribution in [-0.2, 0) is 4.79 Å². The van der Waals surface area contributed by atoms with Gasteiger partial charge in [0.2, 0.25) is 5.91 Å². The average Bonchev–Trinajstić information content (AvgIpc) is 2.75. The maximum absolute atomic E-state index is 14.3. The molecule has 6 nitrogen and oxygen atoms in total. The number of rotatable bonds is 3. The van der Waals surface area contributed by atoms with Crippen molar-refractivity contribution in [1.29, 1.82) is 0 Å². The number of halogens is 3. The highest BCUT2D eigenvalue weighted by Crippen LogP contribution is 2.37. The molecule has 9 heteroatoms. The van der Waals surface area contributed by atoms with Crippen molar-refractivity contribution in [2.24, 2.45) is 0 Å². The van der Waals surface area contributed by atoms with Gasteiger partial charge in [0.15, 0.2) is 11.6 Å². The minimum Gasteiger partial charge on any atom is -0.505 e. The summed E-state index contributed by atoms with van der Waals surface area (Å²) in [6.45, 7) is 5.72. The van der Waals surface area contributed by atoms with Crippen LogP contribution in [0.3, 0.4) is 0 Å². The fourth-order valence-electron chi connectivity index (χ4n) is 3.53. The predicted octanol–water partition coefficient (Wildman–Crippen LogP) is 3.77. The maximum Gasteiger partial charge on any atom is 0.246 e. The van der Waals surface area contributed by atoms with Crippen LogP contribution in [0.5, 0.6) is 5.75 Å². The van der Waals surface area contributed by atoms with E-state index in [0.717, 1.165) is 6.07 Å². The molecular formula is C21H17ClF2N4O2. The Morgan fingerprint density at radius 1 is 1.07 bits per heavy atom. The second-order valence-electron chi connectivity index (χ2n) is 6.85. The van der Waals surface area contributed by atoms with E-state index in [1.807, 2.05) is 4.90 Å². The van der Waals surface area contributed by atoms with Crippen LogP contribution in [0.1, 0.15) is 0 Å². The van der Waals surface area contributed by atoms with E-state index < -0.39 is 17.4 Å². The Kier molecular flexibility index (Phi) is 5.26. The highest BCUT2D eigenvalue weighted by Gasteiger charge is 2.23. The van der Waals surface area contributed by atoms with Gasteiger partial charge in [-0.25, -0.2) is 18.7 Å². The Morgan fingerprint density at radius 3 is 2.50 bits per heavy atom. The molecule has 4 rings (SSSR count). The average molecular weight is 431 g/mol. The number of benzene rings is 2. The number of hydrogen-bond donors (Lipinski definition) is 1. The Bertz CT molecular complexity index is 1160. The Balaban J connectivity index is 1.72. The monoisotopic (exact) mass is 430 g/mol. The number of phenolic OH excluding ortho intramolecular Hbond substituents is 1. The third kappa shape index (κ3) is 3.54. The second kappa shape index (κ2) is 7.87. The molecule has 1 N–H and O–H groups in total. The molecule has 0 unspecified atom stereocenters. The molecule has 154 valence electrons. The number of carbonyl (C=O) groups excluding carboxylic acids is 1. The first-order valence-electron chi connectivity index (χ1n) is 9.18. The third-order valence-corrected chi connectivity index (χ3v) is 5.41. The van der Waals surface area contributed by atoms with E-state index in [2.05, 4.69) is 16.5 Å². The van der Waals surface area contributed by atoms with E-state index in [1.54, 1.807) is 17.0 Å². The van der Waals surface area contributed by atoms with Gasteiger partial charge in [0.25, 0.3) is 0 Å². The zero-order chi connectivity index (χ0) is 21.4.